The highest BCUT2D eigenvalue weighted by Crippen LogP contribution is 2.57. The van der Waals surface area contributed by atoms with Crippen LogP contribution in [0.4, 0.5) is 0 Å². The predicted molar refractivity (Wildman–Crippen MR) is 127 cm³/mol. The van der Waals surface area contributed by atoms with E-state index in [1.54, 1.807) is 0 Å². The van der Waals surface area contributed by atoms with E-state index in [0.29, 0.717) is 30.3 Å². The molecule has 2 heteroatoms. The highest BCUT2D eigenvalue weighted by Gasteiger charge is 2.52. The Morgan fingerprint density at radius 1 is 0.933 bits per heavy atom. The number of carbonyl (C=O) groups is 2. The Labute approximate surface area is 186 Å². The van der Waals surface area contributed by atoms with Gasteiger partial charge in [-0.05, 0) is 66.6 Å². The van der Waals surface area contributed by atoms with Crippen molar-refractivity contribution in [3.8, 4) is 0 Å². The monoisotopic (exact) mass is 416 g/mol. The summed E-state index contributed by atoms with van der Waals surface area (Å²) in [7, 11) is 0. The smallest absolute Gasteiger partial charge is 0.140 e. The lowest BCUT2D eigenvalue weighted by molar-refractivity contribution is -0.129. The summed E-state index contributed by atoms with van der Waals surface area (Å²) >= 11 is 0. The standard InChI is InChI=1S/C28H48O2/c1-19-15-21(27(9,17-19)25(3,4)5)23(29)13-11-12-14-24(30)22-16-20(2)18-28(22,10)26(6,7)8/h15,20-22H,11-14,16-18H2,1-10H3. The average molecular weight is 417 g/mol. The highest BCUT2D eigenvalue weighted by atomic mass is 16.1. The van der Waals surface area contributed by atoms with Crippen LogP contribution in [-0.4, -0.2) is 11.6 Å². The second-order valence-electron chi connectivity index (χ2n) is 13.2. The maximum absolute atomic E-state index is 13.1. The van der Waals surface area contributed by atoms with Gasteiger partial charge in [0.2, 0.25) is 0 Å². The van der Waals surface area contributed by atoms with Crippen LogP contribution in [0, 0.1) is 39.4 Å². The van der Waals surface area contributed by atoms with E-state index in [1.165, 1.54) is 5.57 Å². The fourth-order valence-electron chi connectivity index (χ4n) is 6.25. The lowest BCUT2D eigenvalue weighted by Gasteiger charge is -2.43. The molecule has 1 fully saturated rings. The first kappa shape index (κ1) is 25.3. The molecular formula is C28H48O2. The van der Waals surface area contributed by atoms with Gasteiger partial charge in [0, 0.05) is 24.7 Å². The summed E-state index contributed by atoms with van der Waals surface area (Å²) in [6.45, 7) is 22.7. The summed E-state index contributed by atoms with van der Waals surface area (Å²) in [6.07, 6.45) is 8.31. The maximum atomic E-state index is 13.1. The number of Topliss-reactive ketones (excluding diaryl/α,β-unsaturated/α-hetero) is 2. The fraction of sp³-hybridized carbons (Fsp3) is 0.857. The lowest BCUT2D eigenvalue weighted by Crippen LogP contribution is -2.40. The van der Waals surface area contributed by atoms with E-state index in [-0.39, 0.29) is 33.5 Å². The van der Waals surface area contributed by atoms with E-state index in [9.17, 15) is 9.59 Å². The van der Waals surface area contributed by atoms with Crippen LogP contribution in [0.25, 0.3) is 0 Å². The molecule has 1 saturated carbocycles. The van der Waals surface area contributed by atoms with Crippen LogP contribution < -0.4 is 0 Å². The van der Waals surface area contributed by atoms with Crippen LogP contribution in [0.2, 0.25) is 0 Å². The van der Waals surface area contributed by atoms with Gasteiger partial charge in [0.1, 0.15) is 11.6 Å². The first-order valence-corrected chi connectivity index (χ1v) is 12.3. The summed E-state index contributed by atoms with van der Waals surface area (Å²) < 4.78 is 0. The van der Waals surface area contributed by atoms with Crippen LogP contribution in [-0.2, 0) is 9.59 Å². The minimum absolute atomic E-state index is 0.00149. The third-order valence-corrected chi connectivity index (χ3v) is 9.22. The van der Waals surface area contributed by atoms with Gasteiger partial charge >= 0.3 is 0 Å². The lowest BCUT2D eigenvalue weighted by atomic mass is 9.60. The van der Waals surface area contributed by atoms with Crippen molar-refractivity contribution in [2.75, 3.05) is 0 Å². The molecule has 0 amide bonds. The second kappa shape index (κ2) is 8.55. The minimum Gasteiger partial charge on any atom is -0.299 e. The zero-order valence-electron chi connectivity index (χ0n) is 21.6. The average Bonchev–Trinajstić information content (AvgIpc) is 3.07. The molecule has 0 N–H and O–H groups in total. The van der Waals surface area contributed by atoms with Crippen LogP contribution in [0.3, 0.4) is 0 Å². The van der Waals surface area contributed by atoms with Gasteiger partial charge in [-0.1, -0.05) is 74.0 Å². The molecule has 0 spiro atoms. The van der Waals surface area contributed by atoms with Crippen molar-refractivity contribution >= 4 is 11.6 Å². The van der Waals surface area contributed by atoms with Crippen molar-refractivity contribution in [1.82, 2.24) is 0 Å². The van der Waals surface area contributed by atoms with E-state index in [0.717, 1.165) is 32.1 Å². The van der Waals surface area contributed by atoms with Gasteiger partial charge in [-0.15, -0.1) is 0 Å². The third kappa shape index (κ3) is 4.78. The number of allylic oxidation sites excluding steroid dienone is 2. The largest absolute Gasteiger partial charge is 0.299 e. The zero-order valence-corrected chi connectivity index (χ0v) is 21.6. The Morgan fingerprint density at radius 3 is 1.93 bits per heavy atom. The Kier molecular flexibility index (Phi) is 7.22. The van der Waals surface area contributed by atoms with E-state index in [4.69, 9.17) is 0 Å². The molecule has 0 bridgehead atoms. The van der Waals surface area contributed by atoms with Crippen LogP contribution in [0.15, 0.2) is 11.6 Å². The summed E-state index contributed by atoms with van der Waals surface area (Å²) in [5.74, 6) is 1.61. The van der Waals surface area contributed by atoms with Crippen molar-refractivity contribution < 1.29 is 9.59 Å². The van der Waals surface area contributed by atoms with Gasteiger partial charge < -0.3 is 0 Å². The number of ketones is 2. The summed E-state index contributed by atoms with van der Waals surface area (Å²) in [4.78, 5) is 26.2. The van der Waals surface area contributed by atoms with E-state index in [1.807, 2.05) is 0 Å². The summed E-state index contributed by atoms with van der Waals surface area (Å²) in [5, 5.41) is 0. The molecule has 0 radical (unpaired) electrons. The molecule has 2 aliphatic carbocycles. The molecule has 0 aromatic carbocycles. The molecule has 0 aromatic rings. The van der Waals surface area contributed by atoms with Gasteiger partial charge in [-0.25, -0.2) is 0 Å². The number of hydrogen-bond acceptors (Lipinski definition) is 2. The molecule has 0 heterocycles. The molecule has 5 atom stereocenters. The summed E-state index contributed by atoms with van der Waals surface area (Å²) in [6, 6.07) is 0. The molecule has 5 unspecified atom stereocenters. The van der Waals surface area contributed by atoms with Gasteiger partial charge in [-0.2, -0.15) is 0 Å². The molecular weight excluding hydrogens is 368 g/mol. The molecule has 30 heavy (non-hydrogen) atoms. The van der Waals surface area contributed by atoms with Crippen molar-refractivity contribution in [1.29, 1.82) is 0 Å². The van der Waals surface area contributed by atoms with Crippen LogP contribution >= 0.6 is 0 Å². The molecule has 0 saturated heterocycles. The number of rotatable bonds is 7. The molecule has 0 aliphatic heterocycles. The quantitative estimate of drug-likeness (QED) is 0.313. The van der Waals surface area contributed by atoms with Crippen molar-refractivity contribution in [3.05, 3.63) is 11.6 Å². The third-order valence-electron chi connectivity index (χ3n) is 9.22. The first-order chi connectivity index (χ1) is 13.5. The van der Waals surface area contributed by atoms with Gasteiger partial charge in [0.25, 0.3) is 0 Å². The Hall–Kier alpha value is -0.920. The number of hydrogen-bond donors (Lipinski definition) is 0. The zero-order chi connectivity index (χ0) is 23.1. The van der Waals surface area contributed by atoms with Crippen LogP contribution in [0.5, 0.6) is 0 Å². The number of unbranched alkanes of at least 4 members (excludes halogenated alkanes) is 1. The topological polar surface area (TPSA) is 34.1 Å². The molecule has 172 valence electrons. The van der Waals surface area contributed by atoms with E-state index >= 15 is 0 Å². The molecule has 0 aromatic heterocycles. The SMILES string of the molecule is CC1=CC(C(=O)CCCCC(=O)C2CC(C)CC2(C)C(C)(C)C)C(C)(C(C)(C)C)C1. The molecule has 2 rings (SSSR count). The van der Waals surface area contributed by atoms with Gasteiger partial charge in [0.05, 0.1) is 0 Å². The summed E-state index contributed by atoms with van der Waals surface area (Å²) in [5.41, 5.74) is 1.66. The first-order valence-electron chi connectivity index (χ1n) is 12.3. The Bertz CT molecular complexity index is 686. The minimum atomic E-state index is -0.00149. The maximum Gasteiger partial charge on any atom is 0.140 e. The van der Waals surface area contributed by atoms with Crippen LogP contribution in [0.1, 0.15) is 114 Å². The van der Waals surface area contributed by atoms with Gasteiger partial charge in [0.15, 0.2) is 0 Å². The second-order valence-corrected chi connectivity index (χ2v) is 13.2. The van der Waals surface area contributed by atoms with Crippen molar-refractivity contribution in [2.24, 2.45) is 39.4 Å². The van der Waals surface area contributed by atoms with Gasteiger partial charge in [-0.3, -0.25) is 9.59 Å². The fourth-order valence-corrected chi connectivity index (χ4v) is 6.25. The van der Waals surface area contributed by atoms with E-state index in [2.05, 4.69) is 75.3 Å². The molecule has 2 nitrogen and oxygen atoms in total. The number of carbonyl (C=O) groups excluding carboxylic acids is 2. The normalized spacial score (nSPS) is 34.9. The Balaban J connectivity index is 1.92. The molecule has 2 aliphatic rings. The Morgan fingerprint density at radius 2 is 1.43 bits per heavy atom. The predicted octanol–water partition coefficient (Wildman–Crippen LogP) is 7.80. The highest BCUT2D eigenvalue weighted by molar-refractivity contribution is 5.85. The van der Waals surface area contributed by atoms with Crippen molar-refractivity contribution in [3.63, 3.8) is 0 Å². The van der Waals surface area contributed by atoms with Crippen molar-refractivity contribution in [2.45, 2.75) is 114 Å². The van der Waals surface area contributed by atoms with E-state index < -0.39 is 0 Å².